The van der Waals surface area contributed by atoms with Crippen LogP contribution in [0.2, 0.25) is 0 Å². The van der Waals surface area contributed by atoms with Gasteiger partial charge in [0.1, 0.15) is 12.3 Å². The first-order valence-electron chi connectivity index (χ1n) is 10.5. The number of halogens is 1. The lowest BCUT2D eigenvalue weighted by atomic mass is 10.0. The molecule has 6 aromatic rings. The molecule has 0 fully saturated rings. The molecule has 0 unspecified atom stereocenters. The van der Waals surface area contributed by atoms with Gasteiger partial charge in [0, 0.05) is 40.1 Å². The highest BCUT2D eigenvalue weighted by molar-refractivity contribution is 6.16. The molecule has 33 heavy (non-hydrogen) atoms. The Bertz CT molecular complexity index is 1710. The van der Waals surface area contributed by atoms with Crippen LogP contribution in [0.1, 0.15) is 5.56 Å². The number of imidazole rings is 1. The Balaban J connectivity index is 0.00000228. The summed E-state index contributed by atoms with van der Waals surface area (Å²) >= 11 is 0. The molecule has 162 valence electrons. The number of para-hydroxylation sites is 2. The van der Waals surface area contributed by atoms with E-state index in [1.54, 1.807) is 4.40 Å². The maximum absolute atomic E-state index is 13.3. The molecule has 0 aliphatic heterocycles. The van der Waals surface area contributed by atoms with Crippen LogP contribution in [0.3, 0.4) is 0 Å². The molecule has 3 aromatic heterocycles. The molecule has 0 radical (unpaired) electrons. The minimum Gasteiger partial charge on any atom is -1.00 e. The summed E-state index contributed by atoms with van der Waals surface area (Å²) in [6, 6.07) is 21.4. The van der Waals surface area contributed by atoms with Gasteiger partial charge in [0.05, 0.1) is 16.7 Å². The molecule has 3 aromatic carbocycles. The fourth-order valence-electron chi connectivity index (χ4n) is 4.34. The predicted molar refractivity (Wildman–Crippen MR) is 126 cm³/mol. The molecule has 0 spiro atoms. The molecule has 7 heteroatoms. The van der Waals surface area contributed by atoms with Crippen LogP contribution >= 0.6 is 0 Å². The Labute approximate surface area is 199 Å². The van der Waals surface area contributed by atoms with Crippen molar-refractivity contribution in [2.45, 2.75) is 6.54 Å². The fourth-order valence-corrected chi connectivity index (χ4v) is 4.34. The van der Waals surface area contributed by atoms with E-state index in [0.29, 0.717) is 17.6 Å². The van der Waals surface area contributed by atoms with Gasteiger partial charge in [-0.25, -0.2) is 9.55 Å². The fraction of sp³-hybridized carbons (Fsp3) is 0.0769. The summed E-state index contributed by atoms with van der Waals surface area (Å²) in [5.74, 6) is 0. The smallest absolute Gasteiger partial charge is 0.264 e. The van der Waals surface area contributed by atoms with E-state index in [0.717, 1.165) is 38.4 Å². The van der Waals surface area contributed by atoms with E-state index in [9.17, 15) is 4.79 Å². The first-order valence-corrected chi connectivity index (χ1v) is 10.5. The van der Waals surface area contributed by atoms with Crippen molar-refractivity contribution in [2.75, 3.05) is 6.61 Å². The van der Waals surface area contributed by atoms with E-state index in [1.807, 2.05) is 89.9 Å². The second kappa shape index (κ2) is 8.35. The van der Waals surface area contributed by atoms with Crippen LogP contribution in [-0.4, -0.2) is 27.3 Å². The molecule has 1 N–H and O–H groups in total. The minimum absolute atomic E-state index is 0. The SMILES string of the molecule is O=c1c2cccc3cc(/N=C/c4cc[n+](CCO)cc4)cc(c32)c2nc3ccccc3n12.[Br-]. The van der Waals surface area contributed by atoms with Crippen molar-refractivity contribution in [2.24, 2.45) is 4.99 Å². The van der Waals surface area contributed by atoms with E-state index in [2.05, 4.69) is 0 Å². The average Bonchev–Trinajstić information content (AvgIpc) is 3.22. The number of aliphatic hydroxyl groups is 1. The highest BCUT2D eigenvalue weighted by Gasteiger charge is 2.16. The zero-order valence-electron chi connectivity index (χ0n) is 17.5. The van der Waals surface area contributed by atoms with Crippen LogP contribution in [0, 0.1) is 0 Å². The molecule has 6 nitrogen and oxygen atoms in total. The van der Waals surface area contributed by atoms with Gasteiger partial charge in [0.25, 0.3) is 5.56 Å². The number of benzene rings is 3. The third-order valence-electron chi connectivity index (χ3n) is 5.83. The molecule has 0 aliphatic rings. The van der Waals surface area contributed by atoms with Gasteiger partial charge in [-0.05, 0) is 35.7 Å². The van der Waals surface area contributed by atoms with E-state index in [-0.39, 0.29) is 29.1 Å². The van der Waals surface area contributed by atoms with Gasteiger partial charge < -0.3 is 22.1 Å². The minimum atomic E-state index is -0.0523. The predicted octanol–water partition coefficient (Wildman–Crippen LogP) is 0.626. The number of aliphatic imine (C=N–C) groups is 1. The van der Waals surface area contributed by atoms with Gasteiger partial charge in [-0.1, -0.05) is 24.3 Å². The van der Waals surface area contributed by atoms with Crippen molar-refractivity contribution in [3.63, 3.8) is 0 Å². The van der Waals surface area contributed by atoms with E-state index in [4.69, 9.17) is 15.1 Å². The second-order valence-corrected chi connectivity index (χ2v) is 7.81. The van der Waals surface area contributed by atoms with Gasteiger partial charge in [0.2, 0.25) is 0 Å². The highest BCUT2D eigenvalue weighted by atomic mass is 79.9. The van der Waals surface area contributed by atoms with E-state index in [1.165, 1.54) is 0 Å². The lowest BCUT2D eigenvalue weighted by Crippen LogP contribution is -3.00. The largest absolute Gasteiger partial charge is 1.00 e. The Kier molecular flexibility index (Phi) is 5.36. The third kappa shape index (κ3) is 3.46. The summed E-state index contributed by atoms with van der Waals surface area (Å²) in [5.41, 5.74) is 3.97. The number of aromatic nitrogens is 3. The monoisotopic (exact) mass is 498 g/mol. The molecule has 6 rings (SSSR count). The summed E-state index contributed by atoms with van der Waals surface area (Å²) in [6.07, 6.45) is 5.65. The topological polar surface area (TPSA) is 70.8 Å². The molecule has 0 aliphatic carbocycles. The summed E-state index contributed by atoms with van der Waals surface area (Å²) in [5, 5.41) is 12.5. The first kappa shape index (κ1) is 21.2. The maximum Gasteiger partial charge on any atom is 0.264 e. The standard InChI is InChI=1S/C26H19N4O2.BrH/c31-13-12-29-10-8-17(9-11-29)16-27-19-14-18-4-3-5-20-24(18)21(15-19)25-28-22-6-1-2-7-23(22)30(25)26(20)32;/h1-11,14-16,31H,12-13H2;1H/q+1;/p-1/b27-16+;. The van der Waals surface area contributed by atoms with Crippen molar-refractivity contribution >= 4 is 50.1 Å². The van der Waals surface area contributed by atoms with Gasteiger partial charge >= 0.3 is 0 Å². The molecular formula is C26H19BrN4O2. The summed E-state index contributed by atoms with van der Waals surface area (Å²) < 4.78 is 3.62. The van der Waals surface area contributed by atoms with Crippen LogP contribution in [0.15, 0.2) is 88.9 Å². The van der Waals surface area contributed by atoms with Gasteiger partial charge in [-0.2, -0.15) is 0 Å². The molecule has 0 saturated heterocycles. The normalized spacial score (nSPS) is 11.8. The summed E-state index contributed by atoms with van der Waals surface area (Å²) in [4.78, 5) is 22.8. The Morgan fingerprint density at radius 1 is 1.00 bits per heavy atom. The van der Waals surface area contributed by atoms with Crippen LogP contribution in [0.5, 0.6) is 0 Å². The quantitative estimate of drug-likeness (QED) is 0.286. The van der Waals surface area contributed by atoms with E-state index < -0.39 is 0 Å². The van der Waals surface area contributed by atoms with Crippen molar-refractivity contribution in [3.8, 4) is 0 Å². The highest BCUT2D eigenvalue weighted by Crippen LogP contribution is 2.33. The molecule has 3 heterocycles. The Hall–Kier alpha value is -3.68. The summed E-state index contributed by atoms with van der Waals surface area (Å²) in [7, 11) is 0. The Morgan fingerprint density at radius 3 is 2.64 bits per heavy atom. The van der Waals surface area contributed by atoms with Crippen molar-refractivity contribution in [1.82, 2.24) is 9.38 Å². The van der Waals surface area contributed by atoms with Gasteiger partial charge in [-0.15, -0.1) is 0 Å². The zero-order valence-corrected chi connectivity index (χ0v) is 19.1. The molecule has 0 atom stereocenters. The van der Waals surface area contributed by atoms with Crippen molar-refractivity contribution in [1.29, 1.82) is 0 Å². The van der Waals surface area contributed by atoms with Gasteiger partial charge in [0.15, 0.2) is 18.9 Å². The number of hydrogen-bond acceptors (Lipinski definition) is 4. The summed E-state index contributed by atoms with van der Waals surface area (Å²) in [6.45, 7) is 0.667. The number of fused-ring (bicyclic) bond motifs is 4. The first-order chi connectivity index (χ1) is 15.7. The third-order valence-corrected chi connectivity index (χ3v) is 5.83. The van der Waals surface area contributed by atoms with Gasteiger partial charge in [-0.3, -0.25) is 14.2 Å². The van der Waals surface area contributed by atoms with Crippen LogP contribution < -0.4 is 27.1 Å². The molecular weight excluding hydrogens is 480 g/mol. The zero-order chi connectivity index (χ0) is 21.7. The molecule has 0 bridgehead atoms. The lowest BCUT2D eigenvalue weighted by molar-refractivity contribution is -0.698. The van der Waals surface area contributed by atoms with E-state index >= 15 is 0 Å². The number of pyridine rings is 2. The van der Waals surface area contributed by atoms with Crippen molar-refractivity contribution < 1.29 is 26.7 Å². The van der Waals surface area contributed by atoms with Crippen LogP contribution in [0.25, 0.3) is 38.2 Å². The van der Waals surface area contributed by atoms with Crippen LogP contribution in [0.4, 0.5) is 5.69 Å². The second-order valence-electron chi connectivity index (χ2n) is 7.81. The van der Waals surface area contributed by atoms with Crippen LogP contribution in [-0.2, 0) is 6.54 Å². The maximum atomic E-state index is 13.3. The molecule has 0 amide bonds. The number of rotatable bonds is 4. The lowest BCUT2D eigenvalue weighted by Gasteiger charge is -2.08. The number of hydrogen-bond donors (Lipinski definition) is 1. The van der Waals surface area contributed by atoms with Crippen molar-refractivity contribution in [3.05, 3.63) is 95.0 Å². The average molecular weight is 499 g/mol. The number of aliphatic hydroxyl groups excluding tert-OH is 1. The molecule has 0 saturated carbocycles. The Morgan fingerprint density at radius 2 is 1.82 bits per heavy atom. The number of nitrogens with zero attached hydrogens (tertiary/aromatic N) is 4.